The molecular weight excluding hydrogens is 430 g/mol. The maximum atomic E-state index is 13.1. The van der Waals surface area contributed by atoms with Crippen molar-refractivity contribution in [3.05, 3.63) is 36.0 Å². The van der Waals surface area contributed by atoms with E-state index < -0.39 is 48.4 Å². The van der Waals surface area contributed by atoms with E-state index in [-0.39, 0.29) is 18.9 Å². The molecule has 11 heteroatoms. The summed E-state index contributed by atoms with van der Waals surface area (Å²) >= 11 is 0. The Bertz CT molecular complexity index is 991. The Morgan fingerprint density at radius 3 is 2.33 bits per heavy atom. The van der Waals surface area contributed by atoms with E-state index in [1.165, 1.54) is 0 Å². The molecule has 0 fully saturated rings. The number of nitrogens with one attached hydrogen (secondary N) is 4. The minimum Gasteiger partial charge on any atom is -0.480 e. The van der Waals surface area contributed by atoms with Crippen LogP contribution < -0.4 is 21.7 Å². The maximum absolute atomic E-state index is 13.1. The van der Waals surface area contributed by atoms with Crippen molar-refractivity contribution < 1.29 is 29.4 Å². The van der Waals surface area contributed by atoms with Gasteiger partial charge in [-0.25, -0.2) is 4.79 Å². The molecule has 1 aromatic heterocycles. The highest BCUT2D eigenvalue weighted by Crippen LogP contribution is 2.19. The normalized spacial score (nSPS) is 14.7. The summed E-state index contributed by atoms with van der Waals surface area (Å²) in [6, 6.07) is 3.78. The van der Waals surface area contributed by atoms with E-state index in [0.717, 1.165) is 16.5 Å². The summed E-state index contributed by atoms with van der Waals surface area (Å²) in [4.78, 5) is 52.2. The molecule has 8 N–H and O–H groups in total. The molecule has 0 aliphatic carbocycles. The number of rotatable bonds is 12. The van der Waals surface area contributed by atoms with Gasteiger partial charge in [-0.2, -0.15) is 0 Å². The first kappa shape index (κ1) is 25.8. The second kappa shape index (κ2) is 12.0. The van der Waals surface area contributed by atoms with Crippen LogP contribution in [0.1, 0.15) is 25.8 Å². The van der Waals surface area contributed by atoms with Gasteiger partial charge in [0, 0.05) is 23.5 Å². The number of aliphatic hydroxyl groups is 1. The summed E-state index contributed by atoms with van der Waals surface area (Å²) in [6.45, 7) is 2.53. The third-order valence-electron chi connectivity index (χ3n) is 5.53. The highest BCUT2D eigenvalue weighted by Gasteiger charge is 2.31. The zero-order chi connectivity index (χ0) is 24.5. The Morgan fingerprint density at radius 2 is 1.73 bits per heavy atom. The van der Waals surface area contributed by atoms with E-state index >= 15 is 0 Å². The number of aliphatic carboxylic acids is 1. The van der Waals surface area contributed by atoms with Crippen LogP contribution in [0.15, 0.2) is 30.5 Å². The van der Waals surface area contributed by atoms with Crippen molar-refractivity contribution in [3.8, 4) is 0 Å². The van der Waals surface area contributed by atoms with Gasteiger partial charge in [0.2, 0.25) is 17.7 Å². The molecule has 0 saturated carbocycles. The molecule has 33 heavy (non-hydrogen) atoms. The molecular formula is C22H31N5O6. The molecule has 0 aliphatic rings. The van der Waals surface area contributed by atoms with Crippen LogP contribution in [-0.2, 0) is 25.6 Å². The van der Waals surface area contributed by atoms with Gasteiger partial charge in [-0.15, -0.1) is 0 Å². The monoisotopic (exact) mass is 461 g/mol. The summed E-state index contributed by atoms with van der Waals surface area (Å²) in [5.74, 6) is -3.54. The van der Waals surface area contributed by atoms with Crippen LogP contribution in [0, 0.1) is 5.92 Å². The van der Waals surface area contributed by atoms with Gasteiger partial charge in [-0.3, -0.25) is 14.4 Å². The molecule has 4 unspecified atom stereocenters. The lowest BCUT2D eigenvalue weighted by Crippen LogP contribution is -2.58. The number of fused-ring (bicyclic) bond motifs is 1. The van der Waals surface area contributed by atoms with Crippen LogP contribution in [0.4, 0.5) is 0 Å². The number of carbonyl (C=O) groups excluding carboxylic acids is 3. The summed E-state index contributed by atoms with van der Waals surface area (Å²) in [5.41, 5.74) is 6.93. The number of aliphatic hydroxyl groups excluding tert-OH is 1. The lowest BCUT2D eigenvalue weighted by molar-refractivity contribution is -0.143. The number of hydrogen-bond donors (Lipinski definition) is 7. The average molecular weight is 462 g/mol. The van der Waals surface area contributed by atoms with Gasteiger partial charge in [0.05, 0.1) is 13.2 Å². The highest BCUT2D eigenvalue weighted by atomic mass is 16.4. The molecule has 11 nitrogen and oxygen atoms in total. The van der Waals surface area contributed by atoms with Gasteiger partial charge >= 0.3 is 5.97 Å². The average Bonchev–Trinajstić information content (AvgIpc) is 3.22. The standard InChI is InChI=1S/C22H31N5O6/c1-3-12(2)19(27-18(29)9-23)21(31)25-16(20(30)26-17(11-28)22(32)33)8-13-10-24-15-7-5-4-6-14(13)15/h4-7,10,12,16-17,19,24,28H,3,8-9,11,23H2,1-2H3,(H,25,31)(H,26,30)(H,27,29)(H,32,33). The predicted octanol–water partition coefficient (Wildman–Crippen LogP) is -0.753. The number of H-pyrrole nitrogens is 1. The Hall–Kier alpha value is -3.44. The molecule has 0 radical (unpaired) electrons. The summed E-state index contributed by atoms with van der Waals surface area (Å²) < 4.78 is 0. The van der Waals surface area contributed by atoms with Crippen molar-refractivity contribution in [1.29, 1.82) is 0 Å². The predicted molar refractivity (Wildman–Crippen MR) is 121 cm³/mol. The molecule has 1 heterocycles. The van der Waals surface area contributed by atoms with Gasteiger partial charge in [-0.1, -0.05) is 38.5 Å². The molecule has 2 rings (SSSR count). The number of aromatic nitrogens is 1. The quantitative estimate of drug-likeness (QED) is 0.216. The summed E-state index contributed by atoms with van der Waals surface area (Å²) in [7, 11) is 0. The number of carboxylic acid groups (broad SMARTS) is 1. The fourth-order valence-electron chi connectivity index (χ4n) is 3.38. The molecule has 3 amide bonds. The number of benzene rings is 1. The highest BCUT2D eigenvalue weighted by molar-refractivity contribution is 5.94. The van der Waals surface area contributed by atoms with E-state index in [1.807, 2.05) is 31.2 Å². The van der Waals surface area contributed by atoms with E-state index in [0.29, 0.717) is 6.42 Å². The zero-order valence-corrected chi connectivity index (χ0v) is 18.6. The molecule has 0 bridgehead atoms. The first-order valence-corrected chi connectivity index (χ1v) is 10.7. The molecule has 180 valence electrons. The second-order valence-electron chi connectivity index (χ2n) is 7.84. The zero-order valence-electron chi connectivity index (χ0n) is 18.6. The SMILES string of the molecule is CCC(C)C(NC(=O)CN)C(=O)NC(Cc1c[nH]c2ccccc12)C(=O)NC(CO)C(=O)O. The molecule has 2 aromatic rings. The van der Waals surface area contributed by atoms with Gasteiger partial charge in [0.1, 0.15) is 18.1 Å². The number of carbonyl (C=O) groups is 4. The van der Waals surface area contributed by atoms with Crippen molar-refractivity contribution in [2.75, 3.05) is 13.2 Å². The van der Waals surface area contributed by atoms with Crippen LogP contribution in [0.5, 0.6) is 0 Å². The van der Waals surface area contributed by atoms with Crippen molar-refractivity contribution in [2.24, 2.45) is 11.7 Å². The topological polar surface area (TPSA) is 187 Å². The van der Waals surface area contributed by atoms with E-state index in [2.05, 4.69) is 20.9 Å². The lowest BCUT2D eigenvalue weighted by atomic mass is 9.97. The van der Waals surface area contributed by atoms with Gasteiger partial charge < -0.3 is 36.9 Å². The van der Waals surface area contributed by atoms with E-state index in [1.54, 1.807) is 13.1 Å². The molecule has 0 aliphatic heterocycles. The fourth-order valence-corrected chi connectivity index (χ4v) is 3.38. The summed E-state index contributed by atoms with van der Waals surface area (Å²) in [6.07, 6.45) is 2.34. The third-order valence-corrected chi connectivity index (χ3v) is 5.53. The minimum absolute atomic E-state index is 0.0530. The largest absolute Gasteiger partial charge is 0.480 e. The van der Waals surface area contributed by atoms with Crippen molar-refractivity contribution >= 4 is 34.6 Å². The lowest BCUT2D eigenvalue weighted by Gasteiger charge is -2.27. The second-order valence-corrected chi connectivity index (χ2v) is 7.84. The van der Waals surface area contributed by atoms with Crippen LogP contribution in [0.25, 0.3) is 10.9 Å². The smallest absolute Gasteiger partial charge is 0.328 e. The molecule has 0 saturated heterocycles. The van der Waals surface area contributed by atoms with Gasteiger partial charge in [0.15, 0.2) is 0 Å². The van der Waals surface area contributed by atoms with Crippen LogP contribution in [-0.4, -0.2) is 70.2 Å². The van der Waals surface area contributed by atoms with E-state index in [4.69, 9.17) is 5.73 Å². The van der Waals surface area contributed by atoms with Gasteiger partial charge in [0.25, 0.3) is 0 Å². The van der Waals surface area contributed by atoms with Gasteiger partial charge in [-0.05, 0) is 17.5 Å². The number of nitrogens with two attached hydrogens (primary N) is 1. The summed E-state index contributed by atoms with van der Waals surface area (Å²) in [5, 5.41) is 26.8. The fraction of sp³-hybridized carbons (Fsp3) is 0.455. The Labute approximate surface area is 191 Å². The van der Waals surface area contributed by atoms with Crippen LogP contribution >= 0.6 is 0 Å². The first-order chi connectivity index (χ1) is 15.7. The number of para-hydroxylation sites is 1. The first-order valence-electron chi connectivity index (χ1n) is 10.7. The van der Waals surface area contributed by atoms with Crippen LogP contribution in [0.2, 0.25) is 0 Å². The van der Waals surface area contributed by atoms with E-state index in [9.17, 15) is 29.4 Å². The molecule has 0 spiro atoms. The Balaban J connectivity index is 2.32. The number of carboxylic acids is 1. The van der Waals surface area contributed by atoms with Crippen molar-refractivity contribution in [3.63, 3.8) is 0 Å². The Morgan fingerprint density at radius 1 is 1.06 bits per heavy atom. The maximum Gasteiger partial charge on any atom is 0.328 e. The van der Waals surface area contributed by atoms with Crippen molar-refractivity contribution in [2.45, 2.75) is 44.8 Å². The number of amides is 3. The van der Waals surface area contributed by atoms with Crippen LogP contribution in [0.3, 0.4) is 0 Å². The Kier molecular flexibility index (Phi) is 9.37. The third kappa shape index (κ3) is 6.77. The number of aromatic amines is 1. The van der Waals surface area contributed by atoms with Crippen molar-refractivity contribution in [1.82, 2.24) is 20.9 Å². The number of hydrogen-bond acceptors (Lipinski definition) is 6. The minimum atomic E-state index is -1.53. The molecule has 1 aromatic carbocycles. The molecule has 4 atom stereocenters.